The average molecular weight is 595 g/mol. The van der Waals surface area contributed by atoms with Gasteiger partial charge in [0.2, 0.25) is 0 Å². The van der Waals surface area contributed by atoms with Crippen LogP contribution in [0.2, 0.25) is 10.2 Å². The van der Waals surface area contributed by atoms with Crippen LogP contribution in [0.5, 0.6) is 0 Å². The van der Waals surface area contributed by atoms with Gasteiger partial charge in [-0.25, -0.2) is 9.78 Å². The van der Waals surface area contributed by atoms with Crippen LogP contribution in [0.1, 0.15) is 11.5 Å². The molecule has 41 heavy (non-hydrogen) atoms. The van der Waals surface area contributed by atoms with Crippen LogP contribution in [-0.2, 0) is 11.3 Å². The first-order valence-corrected chi connectivity index (χ1v) is 13.1. The second-order valence-corrected chi connectivity index (χ2v) is 9.84. The summed E-state index contributed by atoms with van der Waals surface area (Å²) in [6.07, 6.45) is 0.390. The molecule has 0 bridgehead atoms. The molecular weight excluding hydrogens is 571 g/mol. The first-order valence-electron chi connectivity index (χ1n) is 12.3. The Bertz CT molecular complexity index is 1750. The highest BCUT2D eigenvalue weighted by molar-refractivity contribution is 6.32. The molecule has 0 spiro atoms. The van der Waals surface area contributed by atoms with Gasteiger partial charge in [-0.05, 0) is 59.3 Å². The van der Waals surface area contributed by atoms with Crippen molar-refractivity contribution >= 4 is 35.0 Å². The van der Waals surface area contributed by atoms with Crippen LogP contribution < -0.4 is 10.5 Å². The number of hydrogen-bond acceptors (Lipinski definition) is 7. The first kappa shape index (κ1) is 28.0. The number of hydrogen-bond donors (Lipinski definition) is 2. The zero-order chi connectivity index (χ0) is 29.1. The molecule has 2 aromatic carbocycles. The molecular formula is C27H24Cl2N8O4. The van der Waals surface area contributed by atoms with E-state index in [2.05, 4.69) is 25.5 Å². The third-order valence-electron chi connectivity index (χ3n) is 6.43. The van der Waals surface area contributed by atoms with E-state index in [1.807, 2.05) is 13.0 Å². The quantitative estimate of drug-likeness (QED) is 0.250. The van der Waals surface area contributed by atoms with Gasteiger partial charge in [0.05, 0.1) is 31.1 Å². The van der Waals surface area contributed by atoms with Gasteiger partial charge >= 0.3 is 6.09 Å². The zero-order valence-electron chi connectivity index (χ0n) is 22.0. The van der Waals surface area contributed by atoms with E-state index >= 15 is 0 Å². The molecule has 0 atom stereocenters. The number of carbonyl (C=O) groups is 1. The Morgan fingerprint density at radius 2 is 1.88 bits per heavy atom. The van der Waals surface area contributed by atoms with Gasteiger partial charge in [-0.2, -0.15) is 4.68 Å². The maximum Gasteiger partial charge on any atom is 0.411 e. The molecule has 12 nitrogen and oxygen atoms in total. The fourth-order valence-corrected chi connectivity index (χ4v) is 4.87. The largest absolute Gasteiger partial charge is 0.465 e. The number of imidazole rings is 1. The lowest BCUT2D eigenvalue weighted by atomic mass is 10.0. The highest BCUT2D eigenvalue weighted by atomic mass is 35.5. The maximum absolute atomic E-state index is 13.3. The number of aryl methyl sites for hydroxylation is 1. The Balaban J connectivity index is 1.41. The molecule has 0 aliphatic heterocycles. The fraction of sp³-hybridized carbons (Fsp3) is 0.185. The first-order chi connectivity index (χ1) is 19.7. The van der Waals surface area contributed by atoms with E-state index in [4.69, 9.17) is 27.9 Å². The van der Waals surface area contributed by atoms with Crippen LogP contribution in [0, 0.1) is 6.92 Å². The lowest BCUT2D eigenvalue weighted by Crippen LogP contribution is -2.32. The number of carboxylic acid groups (broad SMARTS) is 1. The summed E-state index contributed by atoms with van der Waals surface area (Å²) in [7, 11) is 1.51. The van der Waals surface area contributed by atoms with E-state index in [0.29, 0.717) is 50.3 Å². The van der Waals surface area contributed by atoms with Crippen molar-refractivity contribution in [3.05, 3.63) is 93.0 Å². The third kappa shape index (κ3) is 5.99. The Hall–Kier alpha value is -4.52. The lowest BCUT2D eigenvalue weighted by Gasteiger charge is -2.19. The summed E-state index contributed by atoms with van der Waals surface area (Å²) in [4.78, 5) is 33.7. The highest BCUT2D eigenvalue weighted by Crippen LogP contribution is 2.30. The van der Waals surface area contributed by atoms with Crippen molar-refractivity contribution in [1.29, 1.82) is 0 Å². The molecule has 0 aliphatic carbocycles. The van der Waals surface area contributed by atoms with Crippen LogP contribution in [0.4, 0.5) is 10.5 Å². The number of rotatable bonds is 9. The number of anilines is 1. The number of aromatic nitrogens is 7. The van der Waals surface area contributed by atoms with Gasteiger partial charge in [0, 0.05) is 40.7 Å². The van der Waals surface area contributed by atoms with Gasteiger partial charge in [0.1, 0.15) is 12.2 Å². The fourth-order valence-electron chi connectivity index (χ4n) is 4.44. The maximum atomic E-state index is 13.3. The van der Waals surface area contributed by atoms with E-state index in [1.165, 1.54) is 29.1 Å². The van der Waals surface area contributed by atoms with Crippen molar-refractivity contribution in [3.8, 4) is 28.1 Å². The second-order valence-electron chi connectivity index (χ2n) is 9.05. The molecule has 0 aliphatic rings. The lowest BCUT2D eigenvalue weighted by molar-refractivity contribution is 0.186. The minimum Gasteiger partial charge on any atom is -0.465 e. The van der Waals surface area contributed by atoms with E-state index in [0.717, 1.165) is 0 Å². The number of benzene rings is 2. The standard InChI is InChI=1S/C27H24Cl2N8O4/c1-16-11-18(21-13-19(28)5-8-22(21)37-15-30-33-34-37)12-24(38)36(16)14-23-31-25(26(29)32-23)17-3-6-20(7-4-17)35(27(39)40)9-10-41-2/h3-8,11-13,15H,9-10,14H2,1-2H3,(H,31,32)(H,39,40). The molecule has 2 N–H and O–H groups in total. The van der Waals surface area contributed by atoms with Crippen LogP contribution >= 0.6 is 23.2 Å². The van der Waals surface area contributed by atoms with Crippen molar-refractivity contribution in [2.75, 3.05) is 25.2 Å². The number of methoxy groups -OCH3 is 1. The van der Waals surface area contributed by atoms with Gasteiger partial charge in [-0.3, -0.25) is 9.69 Å². The molecule has 3 aromatic heterocycles. The number of pyridine rings is 1. The molecule has 3 heterocycles. The monoisotopic (exact) mass is 594 g/mol. The molecule has 14 heteroatoms. The summed E-state index contributed by atoms with van der Waals surface area (Å²) in [5, 5.41) is 21.6. The van der Waals surface area contributed by atoms with Crippen LogP contribution in [0.25, 0.3) is 28.1 Å². The number of nitrogens with one attached hydrogen (secondary N) is 1. The SMILES string of the molecule is COCCN(C(=O)O)c1ccc(-c2[nH]c(Cn3c(C)cc(-c4cc(Cl)ccc4-n4cnnn4)cc3=O)nc2Cl)cc1. The Morgan fingerprint density at radius 3 is 2.54 bits per heavy atom. The Kier molecular flexibility index (Phi) is 8.15. The molecule has 0 saturated heterocycles. The smallest absolute Gasteiger partial charge is 0.411 e. The van der Waals surface area contributed by atoms with E-state index < -0.39 is 6.09 Å². The zero-order valence-corrected chi connectivity index (χ0v) is 23.5. The third-order valence-corrected chi connectivity index (χ3v) is 6.94. The molecule has 0 radical (unpaired) electrons. The van der Waals surface area contributed by atoms with E-state index in [9.17, 15) is 14.7 Å². The van der Waals surface area contributed by atoms with Gasteiger partial charge in [0.25, 0.3) is 5.56 Å². The summed E-state index contributed by atoms with van der Waals surface area (Å²) >= 11 is 12.7. The Labute approximate surface area is 243 Å². The van der Waals surface area contributed by atoms with E-state index in [1.54, 1.807) is 47.0 Å². The topological polar surface area (TPSA) is 144 Å². The van der Waals surface area contributed by atoms with Crippen LogP contribution in [-0.4, -0.2) is 66.2 Å². The number of halogens is 2. The van der Waals surface area contributed by atoms with Gasteiger partial charge in [0.15, 0.2) is 5.15 Å². The molecule has 0 saturated carbocycles. The molecule has 0 unspecified atom stereocenters. The van der Waals surface area contributed by atoms with Crippen LogP contribution in [0.15, 0.2) is 65.7 Å². The van der Waals surface area contributed by atoms with Gasteiger partial charge < -0.3 is 19.4 Å². The summed E-state index contributed by atoms with van der Waals surface area (Å²) in [5.74, 6) is 0.483. The molecule has 0 fully saturated rings. The number of H-pyrrole nitrogens is 1. The van der Waals surface area contributed by atoms with Crippen molar-refractivity contribution in [2.45, 2.75) is 13.5 Å². The minimum atomic E-state index is -1.08. The predicted octanol–water partition coefficient (Wildman–Crippen LogP) is 4.68. The number of ether oxygens (including phenoxy) is 1. The average Bonchev–Trinajstić information content (AvgIpc) is 3.61. The number of aromatic amines is 1. The predicted molar refractivity (Wildman–Crippen MR) is 154 cm³/mol. The van der Waals surface area contributed by atoms with Crippen molar-refractivity contribution in [2.24, 2.45) is 0 Å². The Morgan fingerprint density at radius 1 is 1.10 bits per heavy atom. The van der Waals surface area contributed by atoms with Crippen molar-refractivity contribution < 1.29 is 14.6 Å². The molecule has 5 aromatic rings. The second kappa shape index (κ2) is 11.9. The summed E-state index contributed by atoms with van der Waals surface area (Å²) in [5.41, 5.74) is 4.26. The summed E-state index contributed by atoms with van der Waals surface area (Å²) in [6.45, 7) is 2.45. The molecule has 210 valence electrons. The molecule has 1 amide bonds. The van der Waals surface area contributed by atoms with Crippen LogP contribution in [0.3, 0.4) is 0 Å². The number of amides is 1. The normalized spacial score (nSPS) is 11.1. The van der Waals surface area contributed by atoms with Crippen molar-refractivity contribution in [1.82, 2.24) is 34.7 Å². The van der Waals surface area contributed by atoms with Crippen molar-refractivity contribution in [3.63, 3.8) is 0 Å². The number of tetrazole rings is 1. The number of nitrogens with zero attached hydrogens (tertiary/aromatic N) is 7. The van der Waals surface area contributed by atoms with Gasteiger partial charge in [-0.1, -0.05) is 35.3 Å². The summed E-state index contributed by atoms with van der Waals surface area (Å²) < 4.78 is 8.08. The summed E-state index contributed by atoms with van der Waals surface area (Å²) in [6, 6.07) is 15.5. The minimum absolute atomic E-state index is 0.155. The van der Waals surface area contributed by atoms with Gasteiger partial charge in [-0.15, -0.1) is 5.10 Å². The highest BCUT2D eigenvalue weighted by Gasteiger charge is 2.17. The molecule has 5 rings (SSSR count). The van der Waals surface area contributed by atoms with E-state index in [-0.39, 0.29) is 30.4 Å².